The molecule has 100 valence electrons. The minimum atomic E-state index is -5.12. The molecule has 0 atom stereocenters. The summed E-state index contributed by atoms with van der Waals surface area (Å²) in [5.74, 6) is -0.000404. The molecule has 0 fully saturated rings. The second-order valence-corrected chi connectivity index (χ2v) is 4.07. The van der Waals surface area contributed by atoms with Gasteiger partial charge in [-0.25, -0.2) is 0 Å². The van der Waals surface area contributed by atoms with E-state index in [-0.39, 0.29) is 18.1 Å². The maximum absolute atomic E-state index is 12.9. The molecule has 1 aromatic carbocycles. The average Bonchev–Trinajstić information content (AvgIpc) is 2.27. The van der Waals surface area contributed by atoms with E-state index in [1.807, 2.05) is 13.8 Å². The number of ether oxygens (including phenoxy) is 2. The van der Waals surface area contributed by atoms with Crippen LogP contribution in [0.4, 0.5) is 12.9 Å². The van der Waals surface area contributed by atoms with Gasteiger partial charge in [0.25, 0.3) is 0 Å². The molecule has 1 rings (SSSR count). The summed E-state index contributed by atoms with van der Waals surface area (Å²) < 4.78 is 48.5. The average molecular weight is 259 g/mol. The Morgan fingerprint density at radius 2 is 1.94 bits per heavy atom. The van der Waals surface area contributed by atoms with Crippen LogP contribution in [-0.2, 0) is 0 Å². The number of hydrogen-bond donors (Lipinski definition) is 0. The zero-order valence-corrected chi connectivity index (χ0v) is 10.5. The van der Waals surface area contributed by atoms with Gasteiger partial charge in [-0.2, -0.15) is 0 Å². The summed E-state index contributed by atoms with van der Waals surface area (Å²) in [4.78, 5) is 0. The van der Waals surface area contributed by atoms with Crippen molar-refractivity contribution < 1.29 is 22.4 Å². The van der Waals surface area contributed by atoms with Gasteiger partial charge in [-0.3, -0.25) is 0 Å². The molecular formula is C12H15BF3O2-. The molecule has 0 spiro atoms. The predicted molar refractivity (Wildman–Crippen MR) is 66.6 cm³/mol. The molecule has 6 heteroatoms. The molecule has 0 radical (unpaired) electrons. The Morgan fingerprint density at radius 1 is 1.28 bits per heavy atom. The molecular weight excluding hydrogens is 244 g/mol. The Labute approximate surface area is 104 Å². The largest absolute Gasteiger partial charge is 0.513 e. The summed E-state index contributed by atoms with van der Waals surface area (Å²) in [5, 5.41) is 0. The third-order valence-electron chi connectivity index (χ3n) is 2.30. The number of halogens is 3. The fraction of sp³-hybridized carbons (Fsp3) is 0.333. The van der Waals surface area contributed by atoms with Gasteiger partial charge in [0.2, 0.25) is 0 Å². The van der Waals surface area contributed by atoms with Gasteiger partial charge in [-0.1, -0.05) is 11.0 Å². The van der Waals surface area contributed by atoms with Crippen LogP contribution in [0.2, 0.25) is 0 Å². The van der Waals surface area contributed by atoms with Crippen LogP contribution in [0.1, 0.15) is 13.8 Å². The number of methoxy groups -OCH3 is 1. The second-order valence-electron chi connectivity index (χ2n) is 4.07. The van der Waals surface area contributed by atoms with Crippen LogP contribution < -0.4 is 14.9 Å². The second kappa shape index (κ2) is 5.84. The van der Waals surface area contributed by atoms with Crippen molar-refractivity contribution in [3.05, 3.63) is 29.8 Å². The van der Waals surface area contributed by atoms with Crippen LogP contribution in [0.15, 0.2) is 29.8 Å². The van der Waals surface area contributed by atoms with Gasteiger partial charge in [-0.05, 0) is 38.1 Å². The predicted octanol–water partition coefficient (Wildman–Crippen LogP) is 3.09. The van der Waals surface area contributed by atoms with Crippen molar-refractivity contribution in [1.29, 1.82) is 0 Å². The minimum Gasteiger partial charge on any atom is -0.497 e. The summed E-state index contributed by atoms with van der Waals surface area (Å²) in [6.45, 7) is -1.30. The van der Waals surface area contributed by atoms with E-state index < -0.39 is 12.4 Å². The lowest BCUT2D eigenvalue weighted by Gasteiger charge is -2.20. The highest BCUT2D eigenvalue weighted by Crippen LogP contribution is 2.22. The van der Waals surface area contributed by atoms with E-state index in [2.05, 4.69) is 0 Å². The van der Waals surface area contributed by atoms with Crippen LogP contribution in [0, 0.1) is 0 Å². The van der Waals surface area contributed by atoms with E-state index in [1.165, 1.54) is 19.2 Å². The zero-order chi connectivity index (χ0) is 13.8. The molecule has 0 aliphatic carbocycles. The van der Waals surface area contributed by atoms with Gasteiger partial charge in [0.15, 0.2) is 0 Å². The van der Waals surface area contributed by atoms with E-state index in [4.69, 9.17) is 9.47 Å². The lowest BCUT2D eigenvalue weighted by molar-refractivity contribution is 0.360. The van der Waals surface area contributed by atoms with E-state index in [9.17, 15) is 12.9 Å². The van der Waals surface area contributed by atoms with Gasteiger partial charge < -0.3 is 22.4 Å². The number of allylic oxidation sites excluding steroid dienone is 1. The van der Waals surface area contributed by atoms with Crippen molar-refractivity contribution >= 4 is 12.4 Å². The van der Waals surface area contributed by atoms with Crippen LogP contribution in [-0.4, -0.2) is 20.7 Å². The first kappa shape index (κ1) is 14.5. The molecule has 1 aromatic rings. The minimum absolute atomic E-state index is 0.119. The van der Waals surface area contributed by atoms with E-state index in [1.54, 1.807) is 6.08 Å². The maximum atomic E-state index is 12.9. The monoisotopic (exact) mass is 259 g/mol. The molecule has 0 saturated heterocycles. The molecule has 0 N–H and O–H groups in total. The smallest absolute Gasteiger partial charge is 0.497 e. The van der Waals surface area contributed by atoms with E-state index in [0.717, 1.165) is 11.6 Å². The van der Waals surface area contributed by atoms with Gasteiger partial charge in [-0.15, -0.1) is 0 Å². The zero-order valence-electron chi connectivity index (χ0n) is 10.5. The molecule has 0 bridgehead atoms. The van der Waals surface area contributed by atoms with Gasteiger partial charge in [0.1, 0.15) is 12.4 Å². The first-order valence-corrected chi connectivity index (χ1v) is 5.48. The molecule has 0 amide bonds. The standard InChI is InChI=1S/C12H15BF3O2/c1-9(2)6-7-18-12-5-4-10(17-3)8-11(12)13(14,15)16/h4-6,8H,7H2,1-3H3/q-1. The van der Waals surface area contributed by atoms with E-state index in [0.29, 0.717) is 0 Å². The van der Waals surface area contributed by atoms with Crippen molar-refractivity contribution in [1.82, 2.24) is 0 Å². The summed E-state index contributed by atoms with van der Waals surface area (Å²) in [5.41, 5.74) is 0.221. The Hall–Kier alpha value is -1.59. The molecule has 0 saturated carbocycles. The first-order chi connectivity index (χ1) is 8.34. The van der Waals surface area contributed by atoms with E-state index >= 15 is 0 Å². The van der Waals surface area contributed by atoms with Crippen LogP contribution in [0.25, 0.3) is 0 Å². The SMILES string of the molecule is COc1ccc(OCC=C(C)C)c([B-](F)(F)F)c1. The molecule has 0 unspecified atom stereocenters. The van der Waals surface area contributed by atoms with Gasteiger partial charge >= 0.3 is 6.98 Å². The summed E-state index contributed by atoms with van der Waals surface area (Å²) >= 11 is 0. The molecule has 0 heterocycles. The highest BCUT2D eigenvalue weighted by atomic mass is 19.4. The Balaban J connectivity index is 3.00. The maximum Gasteiger partial charge on any atom is 0.513 e. The third-order valence-corrected chi connectivity index (χ3v) is 2.30. The summed E-state index contributed by atoms with van der Waals surface area (Å²) in [6.07, 6.45) is 1.72. The van der Waals surface area contributed by atoms with Crippen molar-refractivity contribution in [2.45, 2.75) is 13.8 Å². The van der Waals surface area contributed by atoms with Crippen LogP contribution >= 0.6 is 0 Å². The summed E-state index contributed by atoms with van der Waals surface area (Å²) in [6, 6.07) is 3.68. The molecule has 0 aromatic heterocycles. The molecule has 2 nitrogen and oxygen atoms in total. The lowest BCUT2D eigenvalue weighted by Crippen LogP contribution is -2.35. The number of hydrogen-bond acceptors (Lipinski definition) is 2. The third kappa shape index (κ3) is 4.02. The van der Waals surface area contributed by atoms with Crippen molar-refractivity contribution in [2.75, 3.05) is 13.7 Å². The fourth-order valence-electron chi connectivity index (χ4n) is 1.34. The van der Waals surface area contributed by atoms with Gasteiger partial charge in [0.05, 0.1) is 12.9 Å². The normalized spacial score (nSPS) is 11.0. The Bertz CT molecular complexity index is 437. The topological polar surface area (TPSA) is 18.5 Å². The van der Waals surface area contributed by atoms with Crippen molar-refractivity contribution in [3.63, 3.8) is 0 Å². The van der Waals surface area contributed by atoms with Gasteiger partial charge in [0, 0.05) is 0 Å². The lowest BCUT2D eigenvalue weighted by atomic mass is 9.79. The Kier molecular flexibility index (Phi) is 4.70. The fourth-order valence-corrected chi connectivity index (χ4v) is 1.34. The van der Waals surface area contributed by atoms with Crippen molar-refractivity contribution in [2.24, 2.45) is 0 Å². The molecule has 18 heavy (non-hydrogen) atoms. The quantitative estimate of drug-likeness (QED) is 0.597. The molecule has 0 aliphatic heterocycles. The highest BCUT2D eigenvalue weighted by Gasteiger charge is 2.29. The Morgan fingerprint density at radius 3 is 2.44 bits per heavy atom. The van der Waals surface area contributed by atoms with Crippen LogP contribution in [0.5, 0.6) is 11.5 Å². The molecule has 0 aliphatic rings. The number of rotatable bonds is 5. The first-order valence-electron chi connectivity index (χ1n) is 5.48. The number of benzene rings is 1. The van der Waals surface area contributed by atoms with Crippen LogP contribution in [0.3, 0.4) is 0 Å². The summed E-state index contributed by atoms with van der Waals surface area (Å²) in [7, 11) is 1.33. The highest BCUT2D eigenvalue weighted by molar-refractivity contribution is 6.74. The van der Waals surface area contributed by atoms with Crippen molar-refractivity contribution in [3.8, 4) is 11.5 Å².